The minimum Gasteiger partial charge on any atom is -0.477 e. The molecule has 0 aliphatic rings. The highest BCUT2D eigenvalue weighted by atomic mass is 16.7. The monoisotopic (exact) mass is 971 g/mol. The van der Waals surface area contributed by atoms with Crippen molar-refractivity contribution in [3.63, 3.8) is 0 Å². The number of unbranched alkanes of at least 4 members (excludes halogenated alkanes) is 27. The van der Waals surface area contributed by atoms with Crippen molar-refractivity contribution in [1.82, 2.24) is 0 Å². The first-order valence-corrected chi connectivity index (χ1v) is 28.5. The largest absolute Gasteiger partial charge is 0.477 e. The normalized spacial score (nSPS) is 13.2. The van der Waals surface area contributed by atoms with Crippen molar-refractivity contribution in [2.75, 3.05) is 47.5 Å². The second-order valence-electron chi connectivity index (χ2n) is 20.2. The number of rotatable bonds is 52. The third kappa shape index (κ3) is 52.6. The Morgan fingerprint density at radius 1 is 0.449 bits per heavy atom. The number of carbonyl (C=O) groups is 3. The lowest BCUT2D eigenvalue weighted by molar-refractivity contribution is -0.870. The summed E-state index contributed by atoms with van der Waals surface area (Å²) in [5.41, 5.74) is 0. The highest BCUT2D eigenvalue weighted by Gasteiger charge is 2.25. The second-order valence-corrected chi connectivity index (χ2v) is 20.2. The Morgan fingerprint density at radius 2 is 0.826 bits per heavy atom. The fourth-order valence-electron chi connectivity index (χ4n) is 7.88. The molecule has 69 heavy (non-hydrogen) atoms. The number of quaternary nitrogens is 1. The van der Waals surface area contributed by atoms with Crippen LogP contribution in [0.15, 0.2) is 60.8 Å². The van der Waals surface area contributed by atoms with Gasteiger partial charge in [0.05, 0.1) is 34.4 Å². The van der Waals surface area contributed by atoms with E-state index in [2.05, 4.69) is 74.6 Å². The van der Waals surface area contributed by atoms with Gasteiger partial charge in [-0.3, -0.25) is 9.59 Å². The van der Waals surface area contributed by atoms with Crippen LogP contribution in [0.4, 0.5) is 0 Å². The topological polar surface area (TPSA) is 108 Å². The zero-order valence-electron chi connectivity index (χ0n) is 45.5. The molecule has 0 bridgehead atoms. The summed E-state index contributed by atoms with van der Waals surface area (Å²) in [6.45, 7) is 4.77. The van der Waals surface area contributed by atoms with Gasteiger partial charge >= 0.3 is 17.9 Å². The first kappa shape index (κ1) is 66.0. The third-order valence-electron chi connectivity index (χ3n) is 12.3. The van der Waals surface area contributed by atoms with Crippen LogP contribution in [-0.2, 0) is 33.3 Å². The Hall–Kier alpha value is -3.01. The lowest BCUT2D eigenvalue weighted by Gasteiger charge is -2.25. The molecule has 0 spiro atoms. The second kappa shape index (κ2) is 51.3. The molecule has 9 nitrogen and oxygen atoms in total. The SMILES string of the molecule is CC/C=C\C/C=C\C/C=C\C/C=C\CCCCCCCCCCC(=O)OC(COC(=O)CCCCCCCCCCCCC/C=C\CCCCCCCCCC)COC(OCC[N+](C)(C)C)C(=O)O. The maximum Gasteiger partial charge on any atom is 0.361 e. The van der Waals surface area contributed by atoms with Crippen LogP contribution in [0.1, 0.15) is 245 Å². The summed E-state index contributed by atoms with van der Waals surface area (Å²) in [7, 11) is 5.96. The Morgan fingerprint density at radius 3 is 1.25 bits per heavy atom. The number of hydrogen-bond acceptors (Lipinski definition) is 7. The molecule has 0 radical (unpaired) electrons. The standard InChI is InChI=1S/C60H107NO8/c1-6-8-10-12-14-16-18-20-22-24-26-28-29-31-32-34-36-38-40-42-44-46-48-50-57(62)67-54-56(55-68-60(59(64)65)66-53-52-61(3,4)5)69-58(63)51-49-47-45-43-41-39-37-35-33-30-27-25-23-21-19-17-15-13-11-9-7-2/h9,11,15,17,21,23-24,26-27,30,56,60H,6-8,10,12-14,16,18-20,22,25,28-29,31-55H2,1-5H3/p+1/b11-9-,17-15-,23-21-,26-24-,30-27-. The first-order chi connectivity index (χ1) is 33.6. The van der Waals surface area contributed by atoms with Crippen molar-refractivity contribution in [2.45, 2.75) is 257 Å². The predicted octanol–water partition coefficient (Wildman–Crippen LogP) is 16.5. The van der Waals surface area contributed by atoms with Crippen molar-refractivity contribution >= 4 is 17.9 Å². The number of nitrogens with zero attached hydrogens (tertiary/aromatic N) is 1. The highest BCUT2D eigenvalue weighted by Crippen LogP contribution is 2.16. The van der Waals surface area contributed by atoms with E-state index >= 15 is 0 Å². The molecule has 0 heterocycles. The lowest BCUT2D eigenvalue weighted by atomic mass is 10.0. The van der Waals surface area contributed by atoms with E-state index < -0.39 is 24.3 Å². The summed E-state index contributed by atoms with van der Waals surface area (Å²) in [5, 5.41) is 9.70. The van der Waals surface area contributed by atoms with Crippen LogP contribution in [0, 0.1) is 0 Å². The maximum atomic E-state index is 12.9. The van der Waals surface area contributed by atoms with Gasteiger partial charge in [0.15, 0.2) is 6.10 Å². The number of esters is 2. The third-order valence-corrected chi connectivity index (χ3v) is 12.3. The summed E-state index contributed by atoms with van der Waals surface area (Å²) < 4.78 is 22.9. The molecular formula is C60H108NO8+. The van der Waals surface area contributed by atoms with E-state index in [-0.39, 0.29) is 32.2 Å². The summed E-state index contributed by atoms with van der Waals surface area (Å²) in [4.78, 5) is 37.4. The van der Waals surface area contributed by atoms with Gasteiger partial charge in [-0.1, -0.05) is 216 Å². The van der Waals surface area contributed by atoms with Gasteiger partial charge in [-0.15, -0.1) is 0 Å². The van der Waals surface area contributed by atoms with Gasteiger partial charge in [-0.2, -0.15) is 0 Å². The van der Waals surface area contributed by atoms with E-state index in [1.807, 2.05) is 21.1 Å². The average molecular weight is 972 g/mol. The average Bonchev–Trinajstić information content (AvgIpc) is 3.31. The minimum atomic E-state index is -1.51. The summed E-state index contributed by atoms with van der Waals surface area (Å²) >= 11 is 0. The summed E-state index contributed by atoms with van der Waals surface area (Å²) in [5.74, 6) is -2.01. The molecule has 0 aromatic heterocycles. The molecule has 0 aromatic rings. The van der Waals surface area contributed by atoms with E-state index in [9.17, 15) is 19.5 Å². The molecule has 0 saturated carbocycles. The number of likely N-dealkylation sites (N-methyl/N-ethyl adjacent to an activating group) is 1. The molecule has 0 fully saturated rings. The molecule has 0 aliphatic carbocycles. The minimum absolute atomic E-state index is 0.184. The Labute approximate surface area is 425 Å². The Balaban J connectivity index is 4.27. The Bertz CT molecular complexity index is 1310. The van der Waals surface area contributed by atoms with Crippen LogP contribution < -0.4 is 0 Å². The van der Waals surface area contributed by atoms with Crippen LogP contribution in [0.3, 0.4) is 0 Å². The highest BCUT2D eigenvalue weighted by molar-refractivity contribution is 5.71. The molecule has 0 aromatic carbocycles. The number of ether oxygens (including phenoxy) is 4. The number of carboxylic acid groups (broad SMARTS) is 1. The fraction of sp³-hybridized carbons (Fsp3) is 0.783. The van der Waals surface area contributed by atoms with Gasteiger partial charge in [0, 0.05) is 12.8 Å². The molecule has 0 saturated heterocycles. The quantitative estimate of drug-likeness (QED) is 0.0211. The number of carboxylic acids is 1. The van der Waals surface area contributed by atoms with Crippen molar-refractivity contribution in [1.29, 1.82) is 0 Å². The van der Waals surface area contributed by atoms with E-state index in [0.29, 0.717) is 23.9 Å². The molecule has 0 amide bonds. The zero-order chi connectivity index (χ0) is 50.6. The molecule has 400 valence electrons. The molecule has 0 rings (SSSR count). The van der Waals surface area contributed by atoms with Gasteiger partial charge in [0.25, 0.3) is 6.29 Å². The van der Waals surface area contributed by atoms with Gasteiger partial charge < -0.3 is 28.5 Å². The number of hydrogen-bond donors (Lipinski definition) is 1. The fourth-order valence-corrected chi connectivity index (χ4v) is 7.88. The lowest BCUT2D eigenvalue weighted by Crippen LogP contribution is -2.40. The smallest absolute Gasteiger partial charge is 0.361 e. The number of allylic oxidation sites excluding steroid dienone is 10. The van der Waals surface area contributed by atoms with Crippen LogP contribution >= 0.6 is 0 Å². The van der Waals surface area contributed by atoms with Crippen molar-refractivity contribution < 1.29 is 42.9 Å². The van der Waals surface area contributed by atoms with Crippen LogP contribution in [0.25, 0.3) is 0 Å². The molecule has 1 N–H and O–H groups in total. The molecular weight excluding hydrogens is 863 g/mol. The zero-order valence-corrected chi connectivity index (χ0v) is 45.5. The Kier molecular flexibility index (Phi) is 49.1. The van der Waals surface area contributed by atoms with Gasteiger partial charge in [-0.05, 0) is 77.0 Å². The van der Waals surface area contributed by atoms with E-state index in [0.717, 1.165) is 70.6 Å². The van der Waals surface area contributed by atoms with E-state index in [1.54, 1.807) is 0 Å². The van der Waals surface area contributed by atoms with E-state index in [4.69, 9.17) is 18.9 Å². The van der Waals surface area contributed by atoms with Crippen LogP contribution in [0.5, 0.6) is 0 Å². The first-order valence-electron chi connectivity index (χ1n) is 28.5. The summed E-state index contributed by atoms with van der Waals surface area (Å²) in [6, 6.07) is 0. The van der Waals surface area contributed by atoms with Crippen molar-refractivity contribution in [2.24, 2.45) is 0 Å². The predicted molar refractivity (Wildman–Crippen MR) is 290 cm³/mol. The van der Waals surface area contributed by atoms with Crippen LogP contribution in [0.2, 0.25) is 0 Å². The summed E-state index contributed by atoms with van der Waals surface area (Å²) in [6.07, 6.45) is 61.5. The number of carbonyl (C=O) groups excluding carboxylic acids is 2. The van der Waals surface area contributed by atoms with E-state index in [1.165, 1.54) is 141 Å². The molecule has 9 heteroatoms. The van der Waals surface area contributed by atoms with Gasteiger partial charge in [0.2, 0.25) is 0 Å². The van der Waals surface area contributed by atoms with Crippen LogP contribution in [-0.4, -0.2) is 87.4 Å². The molecule has 0 aliphatic heterocycles. The molecule has 2 atom stereocenters. The van der Waals surface area contributed by atoms with Crippen molar-refractivity contribution in [3.8, 4) is 0 Å². The van der Waals surface area contributed by atoms with Crippen molar-refractivity contribution in [3.05, 3.63) is 60.8 Å². The molecule has 2 unspecified atom stereocenters. The van der Waals surface area contributed by atoms with Gasteiger partial charge in [-0.25, -0.2) is 4.79 Å². The number of aliphatic carboxylic acids is 1. The van der Waals surface area contributed by atoms with Gasteiger partial charge in [0.1, 0.15) is 13.2 Å². The maximum absolute atomic E-state index is 12.9.